The maximum Gasteiger partial charge on any atom is 0.0720 e. The molecule has 0 radical (unpaired) electrons. The molecule has 2 nitrogen and oxygen atoms in total. The number of aromatic nitrogens is 2. The Morgan fingerprint density at radius 2 is 1.04 bits per heavy atom. The van der Waals surface area contributed by atoms with Crippen molar-refractivity contribution in [2.24, 2.45) is 0 Å². The standard InChI is InChI=1S/C65H44N2/c1-4-16-43(17-5-1)45-28-33-51(34-29-45)66-61-38-32-48(47-31-37-60-56(41-47)54-25-13-15-27-59(54)67(60)52-35-30-44-18-10-11-19-46(44)40-52)42-57(61)63-62(66)39-36-55-53-24-12-14-26-58(53)65(64(55)63,49-20-6-2-7-21-49)50-22-8-3-9-23-50/h1-33,35-42,51H,34H2. The first-order chi connectivity index (χ1) is 33.2. The second-order valence-corrected chi connectivity index (χ2v) is 18.3. The Morgan fingerprint density at radius 1 is 0.418 bits per heavy atom. The fourth-order valence-corrected chi connectivity index (χ4v) is 12.0. The average Bonchev–Trinajstić information content (AvgIpc) is 4.03. The van der Waals surface area contributed by atoms with Crippen LogP contribution in [0, 0.1) is 0 Å². The van der Waals surface area contributed by atoms with Gasteiger partial charge in [0.2, 0.25) is 0 Å². The van der Waals surface area contributed by atoms with Crippen molar-refractivity contribution in [3.05, 3.63) is 277 Å². The smallest absolute Gasteiger partial charge is 0.0720 e. The molecule has 0 saturated heterocycles. The molecule has 0 saturated carbocycles. The summed E-state index contributed by atoms with van der Waals surface area (Å²) in [5, 5.41) is 7.59. The van der Waals surface area contributed by atoms with Gasteiger partial charge in [-0.05, 0) is 121 Å². The van der Waals surface area contributed by atoms with Crippen LogP contribution in [0.4, 0.5) is 0 Å². The van der Waals surface area contributed by atoms with E-state index in [9.17, 15) is 0 Å². The van der Waals surface area contributed by atoms with Crippen LogP contribution < -0.4 is 0 Å². The zero-order valence-electron chi connectivity index (χ0n) is 36.9. The highest BCUT2D eigenvalue weighted by Crippen LogP contribution is 2.59. The van der Waals surface area contributed by atoms with E-state index in [4.69, 9.17) is 0 Å². The molecule has 10 aromatic carbocycles. The molecule has 0 bridgehead atoms. The lowest BCUT2D eigenvalue weighted by Gasteiger charge is -2.34. The van der Waals surface area contributed by atoms with Crippen LogP contribution in [0.5, 0.6) is 0 Å². The predicted octanol–water partition coefficient (Wildman–Crippen LogP) is 16.7. The molecular weight excluding hydrogens is 809 g/mol. The van der Waals surface area contributed by atoms with Gasteiger partial charge in [-0.25, -0.2) is 0 Å². The van der Waals surface area contributed by atoms with E-state index < -0.39 is 5.41 Å². The molecule has 1 unspecified atom stereocenters. The highest BCUT2D eigenvalue weighted by Gasteiger charge is 2.48. The van der Waals surface area contributed by atoms with Crippen LogP contribution in [0.3, 0.4) is 0 Å². The van der Waals surface area contributed by atoms with Crippen molar-refractivity contribution in [1.82, 2.24) is 9.13 Å². The monoisotopic (exact) mass is 852 g/mol. The van der Waals surface area contributed by atoms with Crippen molar-refractivity contribution in [1.29, 1.82) is 0 Å². The van der Waals surface area contributed by atoms with Gasteiger partial charge in [-0.1, -0.05) is 200 Å². The van der Waals surface area contributed by atoms with Gasteiger partial charge in [0.05, 0.1) is 28.0 Å². The number of rotatable bonds is 6. The van der Waals surface area contributed by atoms with Crippen LogP contribution in [0.25, 0.3) is 87.9 Å². The first-order valence-electron chi connectivity index (χ1n) is 23.5. The minimum absolute atomic E-state index is 0.139. The molecule has 12 aromatic rings. The maximum atomic E-state index is 2.63. The van der Waals surface area contributed by atoms with Crippen molar-refractivity contribution >= 4 is 60.0 Å². The summed E-state index contributed by atoms with van der Waals surface area (Å²) >= 11 is 0. The number of nitrogens with zero attached hydrogens (tertiary/aromatic N) is 2. The summed E-state index contributed by atoms with van der Waals surface area (Å²) in [6, 6.07) is 86.0. The van der Waals surface area contributed by atoms with Gasteiger partial charge in [0.15, 0.2) is 0 Å². The van der Waals surface area contributed by atoms with Gasteiger partial charge in [0.25, 0.3) is 0 Å². The molecule has 2 heterocycles. The summed E-state index contributed by atoms with van der Waals surface area (Å²) in [5.41, 5.74) is 18.3. The Balaban J connectivity index is 1.03. The zero-order chi connectivity index (χ0) is 44.1. The van der Waals surface area contributed by atoms with Crippen molar-refractivity contribution < 1.29 is 0 Å². The Kier molecular flexibility index (Phi) is 8.36. The van der Waals surface area contributed by atoms with Crippen molar-refractivity contribution in [3.63, 3.8) is 0 Å². The average molecular weight is 853 g/mol. The molecule has 0 fully saturated rings. The minimum Gasteiger partial charge on any atom is -0.333 e. The predicted molar refractivity (Wildman–Crippen MR) is 281 cm³/mol. The van der Waals surface area contributed by atoms with E-state index in [2.05, 4.69) is 258 Å². The van der Waals surface area contributed by atoms with Crippen LogP contribution in [-0.2, 0) is 5.41 Å². The Morgan fingerprint density at radius 3 is 1.81 bits per heavy atom. The lowest BCUT2D eigenvalue weighted by Crippen LogP contribution is -2.28. The first-order valence-corrected chi connectivity index (χ1v) is 23.5. The number of benzene rings is 10. The molecule has 0 N–H and O–H groups in total. The molecule has 1 atom stereocenters. The van der Waals surface area contributed by atoms with Crippen molar-refractivity contribution in [3.8, 4) is 27.9 Å². The lowest BCUT2D eigenvalue weighted by molar-refractivity contribution is 0.649. The number of hydrogen-bond donors (Lipinski definition) is 0. The van der Waals surface area contributed by atoms with Crippen molar-refractivity contribution in [2.75, 3.05) is 0 Å². The summed E-state index contributed by atoms with van der Waals surface area (Å²) < 4.78 is 5.06. The van der Waals surface area contributed by atoms with E-state index in [0.717, 1.165) is 6.42 Å². The summed E-state index contributed by atoms with van der Waals surface area (Å²) in [5.74, 6) is 0. The van der Waals surface area contributed by atoms with Gasteiger partial charge < -0.3 is 9.13 Å². The van der Waals surface area contributed by atoms with E-state index in [1.165, 1.54) is 116 Å². The van der Waals surface area contributed by atoms with Crippen LogP contribution in [0.15, 0.2) is 249 Å². The molecule has 2 aromatic heterocycles. The molecule has 314 valence electrons. The minimum atomic E-state index is -0.546. The van der Waals surface area contributed by atoms with Gasteiger partial charge in [-0.2, -0.15) is 0 Å². The van der Waals surface area contributed by atoms with Crippen LogP contribution in [0.1, 0.15) is 40.3 Å². The molecule has 2 aliphatic carbocycles. The van der Waals surface area contributed by atoms with E-state index in [0.29, 0.717) is 0 Å². The topological polar surface area (TPSA) is 9.86 Å². The SMILES string of the molecule is C1=CC(n2c3ccc(-c4ccc5c(c4)c4ccccc4n5-c4ccc5ccccc5c4)cc3c3c4c(ccc32)-c2ccccc2C4(c2ccccc2)c2ccccc2)CC=C1c1ccccc1. The fourth-order valence-electron chi connectivity index (χ4n) is 12.0. The summed E-state index contributed by atoms with van der Waals surface area (Å²) in [4.78, 5) is 0. The Labute approximate surface area is 389 Å². The first kappa shape index (κ1) is 37.9. The highest BCUT2D eigenvalue weighted by molar-refractivity contribution is 6.16. The van der Waals surface area contributed by atoms with Gasteiger partial charge in [0, 0.05) is 32.7 Å². The molecule has 0 aliphatic heterocycles. The van der Waals surface area contributed by atoms with Gasteiger partial charge in [0.1, 0.15) is 0 Å². The molecule has 67 heavy (non-hydrogen) atoms. The van der Waals surface area contributed by atoms with Crippen LogP contribution >= 0.6 is 0 Å². The summed E-state index contributed by atoms with van der Waals surface area (Å²) in [7, 11) is 0. The Hall–Kier alpha value is -8.46. The van der Waals surface area contributed by atoms with Gasteiger partial charge in [-0.15, -0.1) is 0 Å². The molecule has 14 rings (SSSR count). The third-order valence-corrected chi connectivity index (χ3v) is 14.9. The van der Waals surface area contributed by atoms with E-state index in [1.54, 1.807) is 0 Å². The van der Waals surface area contributed by atoms with Gasteiger partial charge in [-0.3, -0.25) is 0 Å². The molecular formula is C65H44N2. The third-order valence-electron chi connectivity index (χ3n) is 14.9. The van der Waals surface area contributed by atoms with Crippen LogP contribution in [-0.4, -0.2) is 9.13 Å². The van der Waals surface area contributed by atoms with Crippen molar-refractivity contribution in [2.45, 2.75) is 17.9 Å². The van der Waals surface area contributed by atoms with E-state index in [1.807, 2.05) is 0 Å². The lowest BCUT2D eigenvalue weighted by atomic mass is 9.67. The molecule has 2 heteroatoms. The fraction of sp³-hybridized carbons (Fsp3) is 0.0462. The molecule has 2 aliphatic rings. The van der Waals surface area contributed by atoms with Crippen LogP contribution in [0.2, 0.25) is 0 Å². The Bertz CT molecular complexity index is 3960. The second-order valence-electron chi connectivity index (χ2n) is 18.3. The zero-order valence-corrected chi connectivity index (χ0v) is 36.9. The number of allylic oxidation sites excluding steroid dienone is 4. The normalized spacial score (nSPS) is 15.1. The van der Waals surface area contributed by atoms with E-state index in [-0.39, 0.29) is 6.04 Å². The highest BCUT2D eigenvalue weighted by atomic mass is 15.0. The third kappa shape index (κ3) is 5.57. The number of para-hydroxylation sites is 1. The molecule has 0 spiro atoms. The number of hydrogen-bond acceptors (Lipinski definition) is 0. The maximum absolute atomic E-state index is 2.63. The van der Waals surface area contributed by atoms with E-state index >= 15 is 0 Å². The summed E-state index contributed by atoms with van der Waals surface area (Å²) in [6.07, 6.45) is 8.09. The quantitative estimate of drug-likeness (QED) is 0.158. The largest absolute Gasteiger partial charge is 0.333 e. The molecule has 0 amide bonds. The second kappa shape index (κ2) is 14.8. The van der Waals surface area contributed by atoms with Gasteiger partial charge >= 0.3 is 0 Å². The summed E-state index contributed by atoms with van der Waals surface area (Å²) in [6.45, 7) is 0. The number of fused-ring (bicyclic) bond motifs is 11.